The number of rotatable bonds is 7. The normalized spacial score (nSPS) is 13.4. The van der Waals surface area contributed by atoms with E-state index in [2.05, 4.69) is 5.32 Å². The molecule has 0 saturated heterocycles. The van der Waals surface area contributed by atoms with E-state index in [1.807, 2.05) is 6.92 Å². The third-order valence-corrected chi connectivity index (χ3v) is 3.79. The van der Waals surface area contributed by atoms with Crippen LogP contribution in [0.4, 0.5) is 13.2 Å². The highest BCUT2D eigenvalue weighted by Crippen LogP contribution is 2.25. The molecule has 1 N–H and O–H groups in total. The number of nitrogens with one attached hydrogen (secondary N) is 1. The summed E-state index contributed by atoms with van der Waals surface area (Å²) >= 11 is 0. The third kappa shape index (κ3) is 5.13. The van der Waals surface area contributed by atoms with Crippen molar-refractivity contribution in [1.29, 1.82) is 0 Å². The summed E-state index contributed by atoms with van der Waals surface area (Å²) in [5.74, 6) is -3.22. The van der Waals surface area contributed by atoms with Gasteiger partial charge in [0.25, 0.3) is 0 Å². The van der Waals surface area contributed by atoms with Crippen molar-refractivity contribution in [2.75, 3.05) is 18.6 Å². The van der Waals surface area contributed by atoms with Crippen LogP contribution < -0.4 is 5.32 Å². The monoisotopic (exact) mass is 309 g/mol. The summed E-state index contributed by atoms with van der Waals surface area (Å²) in [7, 11) is -3.25. The van der Waals surface area contributed by atoms with Gasteiger partial charge in [-0.3, -0.25) is 0 Å². The molecule has 114 valence electrons. The molecule has 0 fully saturated rings. The van der Waals surface area contributed by atoms with Gasteiger partial charge in [-0.2, -0.15) is 0 Å². The molecule has 0 aliphatic heterocycles. The fraction of sp³-hybridized carbons (Fsp3) is 0.538. The van der Waals surface area contributed by atoms with Gasteiger partial charge < -0.3 is 5.32 Å². The van der Waals surface area contributed by atoms with E-state index in [9.17, 15) is 21.6 Å². The number of hydrogen-bond acceptors (Lipinski definition) is 3. The Balaban J connectivity index is 3.04. The van der Waals surface area contributed by atoms with Crippen LogP contribution >= 0.6 is 0 Å². The lowest BCUT2D eigenvalue weighted by Gasteiger charge is -2.20. The van der Waals surface area contributed by atoms with Gasteiger partial charge in [-0.25, -0.2) is 21.6 Å². The predicted octanol–water partition coefficient (Wildman–Crippen LogP) is 2.58. The zero-order valence-corrected chi connectivity index (χ0v) is 12.2. The minimum absolute atomic E-state index is 0.0261. The van der Waals surface area contributed by atoms with Crippen molar-refractivity contribution in [2.45, 2.75) is 25.8 Å². The van der Waals surface area contributed by atoms with E-state index in [0.717, 1.165) is 12.7 Å². The number of benzene rings is 1. The van der Waals surface area contributed by atoms with Crippen molar-refractivity contribution < 1.29 is 21.6 Å². The zero-order valence-electron chi connectivity index (χ0n) is 11.4. The Morgan fingerprint density at radius 2 is 1.75 bits per heavy atom. The molecular formula is C13H18F3NO2S. The average molecular weight is 309 g/mol. The second kappa shape index (κ2) is 7.08. The van der Waals surface area contributed by atoms with Crippen LogP contribution in [0.5, 0.6) is 0 Å². The van der Waals surface area contributed by atoms with Crippen molar-refractivity contribution in [2.24, 2.45) is 0 Å². The zero-order chi connectivity index (χ0) is 15.3. The van der Waals surface area contributed by atoms with Crippen LogP contribution in [0.1, 0.15) is 31.4 Å². The standard InChI is InChI=1S/C13H18F3NO2S/c1-3-5-17-12(4-6-20(2,18)19)13-10(15)7-9(14)8-11(13)16/h7-8,12,17H,3-6H2,1-2H3. The van der Waals surface area contributed by atoms with Crippen LogP contribution in [0.3, 0.4) is 0 Å². The first-order valence-electron chi connectivity index (χ1n) is 6.30. The van der Waals surface area contributed by atoms with Gasteiger partial charge in [0.1, 0.15) is 27.3 Å². The van der Waals surface area contributed by atoms with Gasteiger partial charge in [0, 0.05) is 30.0 Å². The lowest BCUT2D eigenvalue weighted by molar-refractivity contribution is 0.448. The lowest BCUT2D eigenvalue weighted by Crippen LogP contribution is -2.26. The Labute approximate surface area is 117 Å². The van der Waals surface area contributed by atoms with Crippen LogP contribution in [-0.2, 0) is 9.84 Å². The second-order valence-corrected chi connectivity index (χ2v) is 6.97. The molecule has 0 heterocycles. The second-order valence-electron chi connectivity index (χ2n) is 4.71. The van der Waals surface area contributed by atoms with E-state index in [-0.39, 0.29) is 17.7 Å². The molecule has 0 aromatic heterocycles. The molecule has 1 atom stereocenters. The van der Waals surface area contributed by atoms with Crippen molar-refractivity contribution in [3.63, 3.8) is 0 Å². The molecule has 0 aliphatic rings. The highest BCUT2D eigenvalue weighted by Gasteiger charge is 2.22. The van der Waals surface area contributed by atoms with E-state index in [0.29, 0.717) is 18.7 Å². The first-order chi connectivity index (χ1) is 9.24. The summed E-state index contributed by atoms with van der Waals surface area (Å²) in [6.45, 7) is 2.35. The van der Waals surface area contributed by atoms with Gasteiger partial charge in [-0.15, -0.1) is 0 Å². The fourth-order valence-corrected chi connectivity index (χ4v) is 2.55. The quantitative estimate of drug-likeness (QED) is 0.842. The Kier molecular flexibility index (Phi) is 6.01. The molecular weight excluding hydrogens is 291 g/mol. The van der Waals surface area contributed by atoms with Gasteiger partial charge in [0.2, 0.25) is 0 Å². The van der Waals surface area contributed by atoms with Crippen LogP contribution in [0, 0.1) is 17.5 Å². The SMILES string of the molecule is CCCNC(CCS(C)(=O)=O)c1c(F)cc(F)cc1F. The maximum Gasteiger partial charge on any atom is 0.147 e. The summed E-state index contributed by atoms with van der Waals surface area (Å²) in [6.07, 6.45) is 1.80. The Bertz CT molecular complexity index is 538. The van der Waals surface area contributed by atoms with Crippen LogP contribution in [0.25, 0.3) is 0 Å². The maximum absolute atomic E-state index is 13.7. The summed E-state index contributed by atoms with van der Waals surface area (Å²) in [6, 6.07) is 0.393. The first kappa shape index (κ1) is 17.0. The van der Waals surface area contributed by atoms with E-state index in [1.165, 1.54) is 0 Å². The molecule has 3 nitrogen and oxygen atoms in total. The molecule has 7 heteroatoms. The van der Waals surface area contributed by atoms with Crippen LogP contribution in [0.2, 0.25) is 0 Å². The highest BCUT2D eigenvalue weighted by atomic mass is 32.2. The summed E-state index contributed by atoms with van der Waals surface area (Å²) in [5, 5.41) is 2.89. The van der Waals surface area contributed by atoms with Gasteiger partial charge >= 0.3 is 0 Å². The average Bonchev–Trinajstić information content (AvgIpc) is 2.29. The minimum atomic E-state index is -3.25. The Morgan fingerprint density at radius 1 is 1.20 bits per heavy atom. The number of halogens is 3. The van der Waals surface area contributed by atoms with E-state index >= 15 is 0 Å². The molecule has 0 saturated carbocycles. The van der Waals surface area contributed by atoms with Crippen molar-refractivity contribution in [3.8, 4) is 0 Å². The van der Waals surface area contributed by atoms with Crippen LogP contribution in [0.15, 0.2) is 12.1 Å². The Morgan fingerprint density at radius 3 is 2.20 bits per heavy atom. The van der Waals surface area contributed by atoms with Crippen molar-refractivity contribution in [1.82, 2.24) is 5.32 Å². The largest absolute Gasteiger partial charge is 0.310 e. The van der Waals surface area contributed by atoms with Crippen LogP contribution in [-0.4, -0.2) is 27.0 Å². The molecule has 0 aliphatic carbocycles. The highest BCUT2D eigenvalue weighted by molar-refractivity contribution is 7.90. The molecule has 0 radical (unpaired) electrons. The lowest BCUT2D eigenvalue weighted by atomic mass is 10.0. The summed E-state index contributed by atoms with van der Waals surface area (Å²) in [4.78, 5) is 0. The maximum atomic E-state index is 13.7. The van der Waals surface area contributed by atoms with Gasteiger partial charge in [0.15, 0.2) is 0 Å². The molecule has 20 heavy (non-hydrogen) atoms. The third-order valence-electron chi connectivity index (χ3n) is 2.81. The molecule has 0 amide bonds. The van der Waals surface area contributed by atoms with Crippen molar-refractivity contribution >= 4 is 9.84 Å². The molecule has 1 aromatic carbocycles. The van der Waals surface area contributed by atoms with Gasteiger partial charge in [-0.05, 0) is 19.4 Å². The topological polar surface area (TPSA) is 46.2 Å². The van der Waals surface area contributed by atoms with Gasteiger partial charge in [-0.1, -0.05) is 6.92 Å². The smallest absolute Gasteiger partial charge is 0.147 e. The summed E-state index contributed by atoms with van der Waals surface area (Å²) in [5.41, 5.74) is -0.316. The number of hydrogen-bond donors (Lipinski definition) is 1. The number of sulfone groups is 1. The minimum Gasteiger partial charge on any atom is -0.310 e. The van der Waals surface area contributed by atoms with E-state index in [4.69, 9.17) is 0 Å². The molecule has 0 bridgehead atoms. The van der Waals surface area contributed by atoms with Gasteiger partial charge in [0.05, 0.1) is 5.75 Å². The van der Waals surface area contributed by atoms with E-state index < -0.39 is 33.3 Å². The molecule has 0 spiro atoms. The molecule has 1 unspecified atom stereocenters. The first-order valence-corrected chi connectivity index (χ1v) is 8.36. The fourth-order valence-electron chi connectivity index (χ4n) is 1.89. The van der Waals surface area contributed by atoms with E-state index in [1.54, 1.807) is 0 Å². The molecule has 1 rings (SSSR count). The molecule has 1 aromatic rings. The van der Waals surface area contributed by atoms with Crippen molar-refractivity contribution in [3.05, 3.63) is 35.1 Å². The predicted molar refractivity (Wildman–Crippen MR) is 71.7 cm³/mol. The summed E-state index contributed by atoms with van der Waals surface area (Å²) < 4.78 is 62.8. The Hall–Kier alpha value is -1.08.